The van der Waals surface area contributed by atoms with Crippen molar-refractivity contribution in [1.29, 1.82) is 0 Å². The van der Waals surface area contributed by atoms with Crippen LogP contribution in [-0.4, -0.2) is 96.7 Å². The van der Waals surface area contributed by atoms with Gasteiger partial charge in [0, 0.05) is 25.7 Å². The van der Waals surface area contributed by atoms with Crippen molar-refractivity contribution in [2.75, 3.05) is 39.6 Å². The van der Waals surface area contributed by atoms with Crippen molar-refractivity contribution in [3.05, 3.63) is 158 Å². The van der Waals surface area contributed by atoms with Gasteiger partial charge in [-0.1, -0.05) is 256 Å². The molecule has 0 fully saturated rings. The van der Waals surface area contributed by atoms with Gasteiger partial charge in [0.05, 0.1) is 26.4 Å². The Morgan fingerprint density at radius 3 is 0.843 bits per heavy atom. The van der Waals surface area contributed by atoms with E-state index in [1.54, 1.807) is 0 Å². The zero-order valence-corrected chi connectivity index (χ0v) is 65.0. The van der Waals surface area contributed by atoms with E-state index in [4.69, 9.17) is 37.0 Å². The third-order valence-corrected chi connectivity index (χ3v) is 17.3. The normalized spacial score (nSPS) is 14.8. The largest absolute Gasteiger partial charge is 0.472 e. The van der Waals surface area contributed by atoms with Crippen molar-refractivity contribution in [3.63, 3.8) is 0 Å². The standard InChI is InChI=1S/C83H136O17P2/c1-5-9-13-17-21-25-29-32-34-36-38-40-42-45-48-51-55-59-63-67-80(85)93-73-78(99-82(87)69-65-61-57-53-47-28-24-20-16-12-8-4)75-97-101(89,90)95-71-77(84)72-96-102(91,92)98-76-79(100-83(88)70-66-62-58-54-50-44-31-27-23-19-15-11-7-3)74-94-81(86)68-64-60-56-52-49-46-43-41-39-37-35-33-30-26-22-18-14-10-6-2/h9-10,13-15,19-22,24-27,31-35,38-41,45-46,48-49,77-79,84H,5-8,11-12,16-18,23,28-30,36-37,42-44,47,50-76H2,1-4H3,(H,89,90)(H,91,92)/b13-9-,14-10-,19-15-,24-20-,25-21-,26-22-,31-27-,34-32-,35-33-,40-38-,41-39-,48-45-,49-46-. The Labute approximate surface area is 617 Å². The number of hydrogen-bond donors (Lipinski definition) is 3. The highest BCUT2D eigenvalue weighted by Crippen LogP contribution is 2.45. The highest BCUT2D eigenvalue weighted by atomic mass is 31.2. The van der Waals surface area contributed by atoms with Crippen LogP contribution in [0.4, 0.5) is 0 Å². The first-order valence-electron chi connectivity index (χ1n) is 38.7. The van der Waals surface area contributed by atoms with Crippen LogP contribution < -0.4 is 0 Å². The number of esters is 4. The number of rotatable bonds is 71. The molecule has 5 unspecified atom stereocenters. The lowest BCUT2D eigenvalue weighted by molar-refractivity contribution is -0.161. The Morgan fingerprint density at radius 2 is 0.529 bits per heavy atom. The van der Waals surface area contributed by atoms with Gasteiger partial charge in [-0.3, -0.25) is 37.3 Å². The van der Waals surface area contributed by atoms with Crippen molar-refractivity contribution < 1.29 is 80.2 Å². The molecule has 0 aromatic rings. The summed E-state index contributed by atoms with van der Waals surface area (Å²) in [6, 6.07) is 0. The van der Waals surface area contributed by atoms with E-state index >= 15 is 0 Å². The van der Waals surface area contributed by atoms with Crippen molar-refractivity contribution in [2.24, 2.45) is 0 Å². The molecule has 0 aromatic carbocycles. The molecule has 0 radical (unpaired) electrons. The summed E-state index contributed by atoms with van der Waals surface area (Å²) in [5.74, 6) is -2.29. The number of aliphatic hydroxyl groups excluding tert-OH is 1. The molecule has 580 valence electrons. The van der Waals surface area contributed by atoms with E-state index in [2.05, 4.69) is 186 Å². The number of allylic oxidation sites excluding steroid dienone is 26. The number of unbranched alkanes of at least 4 members (excludes halogenated alkanes) is 19. The molecule has 0 spiro atoms. The van der Waals surface area contributed by atoms with E-state index in [9.17, 15) is 43.2 Å². The van der Waals surface area contributed by atoms with Crippen LogP contribution in [0.5, 0.6) is 0 Å². The number of carbonyl (C=O) groups is 4. The van der Waals surface area contributed by atoms with Crippen LogP contribution in [0.1, 0.15) is 285 Å². The monoisotopic (exact) mass is 1470 g/mol. The Balaban J connectivity index is 5.39. The van der Waals surface area contributed by atoms with Crippen molar-refractivity contribution in [1.82, 2.24) is 0 Å². The van der Waals surface area contributed by atoms with Crippen LogP contribution in [0.3, 0.4) is 0 Å². The number of phosphoric acid groups is 2. The van der Waals surface area contributed by atoms with E-state index < -0.39 is 97.5 Å². The first kappa shape index (κ1) is 96.7. The summed E-state index contributed by atoms with van der Waals surface area (Å²) < 4.78 is 68.4. The van der Waals surface area contributed by atoms with Crippen LogP contribution in [0.25, 0.3) is 0 Å². The predicted octanol–water partition coefficient (Wildman–Crippen LogP) is 22.4. The molecule has 17 nitrogen and oxygen atoms in total. The van der Waals surface area contributed by atoms with Crippen molar-refractivity contribution >= 4 is 39.5 Å². The minimum Gasteiger partial charge on any atom is -0.462 e. The van der Waals surface area contributed by atoms with Gasteiger partial charge < -0.3 is 33.8 Å². The van der Waals surface area contributed by atoms with E-state index in [0.717, 1.165) is 193 Å². The SMILES string of the molecule is CC/C=C\C/C=C\C/C=C\C/C=C\C/C=C\CCCCCC(=O)OCC(COP(=O)(O)OCC(O)COP(=O)(O)OCC(COC(=O)CCCCC/C=C\C/C=C\C/C=C\C/C=C\C/C=C\CC)OC(=O)CCCCCCC/C=C\CCCC)OC(=O)CCCCCCC/C=C\C/C=C\CCC. The summed E-state index contributed by atoms with van der Waals surface area (Å²) in [6.07, 6.45) is 85.2. The lowest BCUT2D eigenvalue weighted by atomic mass is 10.1. The Morgan fingerprint density at radius 1 is 0.284 bits per heavy atom. The fourth-order valence-corrected chi connectivity index (χ4v) is 11.2. The quantitative estimate of drug-likeness (QED) is 0.0169. The van der Waals surface area contributed by atoms with Gasteiger partial charge >= 0.3 is 39.5 Å². The molecule has 102 heavy (non-hydrogen) atoms. The Bertz CT molecular complexity index is 2550. The molecule has 0 rings (SSSR count). The van der Waals surface area contributed by atoms with Gasteiger partial charge in [0.15, 0.2) is 12.2 Å². The van der Waals surface area contributed by atoms with Gasteiger partial charge in [-0.25, -0.2) is 9.13 Å². The summed E-state index contributed by atoms with van der Waals surface area (Å²) in [6.45, 7) is 4.42. The van der Waals surface area contributed by atoms with Gasteiger partial charge in [0.1, 0.15) is 19.3 Å². The van der Waals surface area contributed by atoms with Crippen LogP contribution in [0.2, 0.25) is 0 Å². The minimum atomic E-state index is -4.99. The topological polar surface area (TPSA) is 237 Å². The minimum absolute atomic E-state index is 0.0653. The maximum atomic E-state index is 13.1. The zero-order chi connectivity index (χ0) is 74.6. The third-order valence-electron chi connectivity index (χ3n) is 15.4. The molecular weight excluding hydrogens is 1330 g/mol. The summed E-state index contributed by atoms with van der Waals surface area (Å²) >= 11 is 0. The molecule has 0 amide bonds. The van der Waals surface area contributed by atoms with Crippen LogP contribution in [0.15, 0.2) is 158 Å². The maximum Gasteiger partial charge on any atom is 0.472 e. The molecule has 0 bridgehead atoms. The Kier molecular flexibility index (Phi) is 70.1. The van der Waals surface area contributed by atoms with Crippen molar-refractivity contribution in [2.45, 2.75) is 303 Å². The van der Waals surface area contributed by atoms with Gasteiger partial charge in [-0.15, -0.1) is 0 Å². The van der Waals surface area contributed by atoms with Crippen LogP contribution in [0, 0.1) is 0 Å². The van der Waals surface area contributed by atoms with E-state index in [-0.39, 0.29) is 25.7 Å². The molecule has 0 saturated heterocycles. The second kappa shape index (κ2) is 74.0. The lowest BCUT2D eigenvalue weighted by Gasteiger charge is -2.21. The summed E-state index contributed by atoms with van der Waals surface area (Å²) in [5.41, 5.74) is 0. The lowest BCUT2D eigenvalue weighted by Crippen LogP contribution is -2.30. The van der Waals surface area contributed by atoms with Crippen molar-refractivity contribution in [3.8, 4) is 0 Å². The smallest absolute Gasteiger partial charge is 0.462 e. The summed E-state index contributed by atoms with van der Waals surface area (Å²) in [7, 11) is -9.98. The van der Waals surface area contributed by atoms with Crippen LogP contribution >= 0.6 is 15.6 Å². The fraction of sp³-hybridized carbons (Fsp3) is 0.639. The molecule has 19 heteroatoms. The number of phosphoric ester groups is 2. The highest BCUT2D eigenvalue weighted by Gasteiger charge is 2.30. The molecular formula is C83H136O17P2. The predicted molar refractivity (Wildman–Crippen MR) is 417 cm³/mol. The fourth-order valence-electron chi connectivity index (χ4n) is 9.58. The molecule has 3 N–H and O–H groups in total. The summed E-state index contributed by atoms with van der Waals surface area (Å²) in [5, 5.41) is 10.6. The second-order valence-electron chi connectivity index (χ2n) is 25.2. The number of ether oxygens (including phenoxy) is 4. The number of aliphatic hydroxyl groups is 1. The van der Waals surface area contributed by atoms with E-state index in [1.807, 2.05) is 0 Å². The molecule has 5 atom stereocenters. The molecule has 0 aliphatic heterocycles. The molecule has 0 aromatic heterocycles. The van der Waals surface area contributed by atoms with E-state index in [1.165, 1.54) is 12.8 Å². The first-order chi connectivity index (χ1) is 49.7. The average molecular weight is 1470 g/mol. The molecule has 0 heterocycles. The second-order valence-corrected chi connectivity index (χ2v) is 28.1. The Hall–Kier alpha value is -5.32. The number of hydrogen-bond acceptors (Lipinski definition) is 15. The number of carbonyl (C=O) groups excluding carboxylic acids is 4. The highest BCUT2D eigenvalue weighted by molar-refractivity contribution is 7.47. The average Bonchev–Trinajstić information content (AvgIpc) is 0.907. The van der Waals surface area contributed by atoms with Gasteiger partial charge in [0.25, 0.3) is 0 Å². The van der Waals surface area contributed by atoms with Gasteiger partial charge in [-0.2, -0.15) is 0 Å². The first-order valence-corrected chi connectivity index (χ1v) is 41.7. The molecule has 0 saturated carbocycles. The van der Waals surface area contributed by atoms with E-state index in [0.29, 0.717) is 25.7 Å². The molecule has 0 aliphatic rings. The van der Waals surface area contributed by atoms with Gasteiger partial charge in [-0.05, 0) is 161 Å². The summed E-state index contributed by atoms with van der Waals surface area (Å²) in [4.78, 5) is 72.9. The van der Waals surface area contributed by atoms with Crippen LogP contribution in [-0.2, 0) is 65.4 Å². The van der Waals surface area contributed by atoms with Gasteiger partial charge in [0.2, 0.25) is 0 Å². The maximum absolute atomic E-state index is 13.1. The molecule has 0 aliphatic carbocycles. The third kappa shape index (κ3) is 73.0. The zero-order valence-electron chi connectivity index (χ0n) is 63.2.